The topological polar surface area (TPSA) is 104 Å². The van der Waals surface area contributed by atoms with Gasteiger partial charge >= 0.3 is 5.97 Å². The lowest BCUT2D eigenvalue weighted by Gasteiger charge is -2.32. The van der Waals surface area contributed by atoms with Gasteiger partial charge in [-0.3, -0.25) is 0 Å². The average molecular weight is 317 g/mol. The van der Waals surface area contributed by atoms with Gasteiger partial charge in [-0.1, -0.05) is 0 Å². The predicted molar refractivity (Wildman–Crippen MR) is 75.7 cm³/mol. The lowest BCUT2D eigenvalue weighted by molar-refractivity contribution is -0.139. The summed E-state index contributed by atoms with van der Waals surface area (Å²) in [5.41, 5.74) is -0.933. The zero-order valence-electron chi connectivity index (χ0n) is 12.1. The number of aliphatic hydroxyl groups is 1. The first-order valence-corrected chi connectivity index (χ1v) is 7.60. The van der Waals surface area contributed by atoms with Gasteiger partial charge in [-0.15, -0.1) is 0 Å². The third-order valence-electron chi connectivity index (χ3n) is 3.08. The average Bonchev–Trinajstić information content (AvgIpc) is 2.44. The first-order chi connectivity index (χ1) is 9.61. The molecule has 0 saturated heterocycles. The Hall–Kier alpha value is -1.64. The Labute approximate surface area is 123 Å². The van der Waals surface area contributed by atoms with E-state index in [1.807, 2.05) is 0 Å². The molecule has 0 radical (unpaired) electrons. The number of carboxylic acids is 1. The lowest BCUT2D eigenvalue weighted by atomic mass is 10.1. The maximum Gasteiger partial charge on any atom is 0.341 e. The van der Waals surface area contributed by atoms with E-state index in [1.54, 1.807) is 13.8 Å². The highest BCUT2D eigenvalue weighted by molar-refractivity contribution is 7.89. The van der Waals surface area contributed by atoms with Crippen molar-refractivity contribution in [2.45, 2.75) is 24.3 Å². The number of aliphatic carboxylic acids is 1. The van der Waals surface area contributed by atoms with Crippen molar-refractivity contribution >= 4 is 16.0 Å². The quantitative estimate of drug-likeness (QED) is 0.760. The zero-order chi connectivity index (χ0) is 16.3. The molecule has 0 aliphatic rings. The van der Waals surface area contributed by atoms with Crippen molar-refractivity contribution < 1.29 is 28.2 Å². The van der Waals surface area contributed by atoms with Crippen LogP contribution in [-0.2, 0) is 14.8 Å². The number of likely N-dealkylation sites (N-methyl/N-ethyl adjacent to an activating group) is 1. The van der Waals surface area contributed by atoms with Crippen molar-refractivity contribution in [2.75, 3.05) is 20.3 Å². The summed E-state index contributed by atoms with van der Waals surface area (Å²) in [7, 11) is -2.37. The van der Waals surface area contributed by atoms with Gasteiger partial charge in [-0.25, -0.2) is 13.2 Å². The fraction of sp³-hybridized carbons (Fsp3) is 0.462. The van der Waals surface area contributed by atoms with Gasteiger partial charge in [-0.2, -0.15) is 4.31 Å². The number of carboxylic acid groups (broad SMARTS) is 1. The van der Waals surface area contributed by atoms with Crippen LogP contribution in [0.15, 0.2) is 29.2 Å². The van der Waals surface area contributed by atoms with E-state index in [9.17, 15) is 18.3 Å². The largest absolute Gasteiger partial charge is 0.482 e. The summed E-state index contributed by atoms with van der Waals surface area (Å²) in [5.74, 6) is -0.850. The van der Waals surface area contributed by atoms with Crippen molar-refractivity contribution in [3.05, 3.63) is 24.3 Å². The molecular formula is C13H19NO6S. The molecule has 1 rings (SSSR count). The maximum atomic E-state index is 12.4. The molecule has 0 bridgehead atoms. The smallest absolute Gasteiger partial charge is 0.341 e. The molecule has 0 saturated carbocycles. The van der Waals surface area contributed by atoms with Crippen LogP contribution in [0.3, 0.4) is 0 Å². The van der Waals surface area contributed by atoms with Gasteiger partial charge < -0.3 is 14.9 Å². The minimum Gasteiger partial charge on any atom is -0.482 e. The van der Waals surface area contributed by atoms with E-state index in [0.717, 1.165) is 4.31 Å². The van der Waals surface area contributed by atoms with Crippen LogP contribution >= 0.6 is 0 Å². The minimum atomic E-state index is -3.76. The molecule has 21 heavy (non-hydrogen) atoms. The van der Waals surface area contributed by atoms with Crippen molar-refractivity contribution in [1.82, 2.24) is 4.31 Å². The number of nitrogens with zero attached hydrogens (tertiary/aromatic N) is 1. The van der Waals surface area contributed by atoms with Crippen LogP contribution in [-0.4, -0.2) is 54.7 Å². The number of benzene rings is 1. The van der Waals surface area contributed by atoms with E-state index < -0.39 is 28.1 Å². The third kappa shape index (κ3) is 4.16. The van der Waals surface area contributed by atoms with Crippen LogP contribution in [0.2, 0.25) is 0 Å². The van der Waals surface area contributed by atoms with Crippen molar-refractivity contribution in [1.29, 1.82) is 0 Å². The molecule has 0 aliphatic heterocycles. The van der Waals surface area contributed by atoms with Gasteiger partial charge in [0.05, 0.1) is 17.0 Å². The zero-order valence-corrected chi connectivity index (χ0v) is 12.9. The van der Waals surface area contributed by atoms with Gasteiger partial charge in [-0.05, 0) is 38.1 Å². The summed E-state index contributed by atoms with van der Waals surface area (Å²) in [4.78, 5) is 10.4. The molecular weight excluding hydrogens is 298 g/mol. The fourth-order valence-corrected chi connectivity index (χ4v) is 2.94. The molecule has 0 aromatic heterocycles. The maximum absolute atomic E-state index is 12.4. The highest BCUT2D eigenvalue weighted by Gasteiger charge is 2.33. The highest BCUT2D eigenvalue weighted by Crippen LogP contribution is 2.24. The lowest BCUT2D eigenvalue weighted by Crippen LogP contribution is -2.47. The Morgan fingerprint density at radius 3 is 2.24 bits per heavy atom. The predicted octanol–water partition coefficient (Wildman–Crippen LogP) is 0.541. The molecule has 1 aromatic rings. The second kappa shape index (κ2) is 6.42. The molecule has 1 aromatic carbocycles. The summed E-state index contributed by atoms with van der Waals surface area (Å²) >= 11 is 0. The Balaban J connectivity index is 2.97. The first-order valence-electron chi connectivity index (χ1n) is 6.16. The van der Waals surface area contributed by atoms with Crippen LogP contribution in [0.1, 0.15) is 13.8 Å². The van der Waals surface area contributed by atoms with Crippen LogP contribution < -0.4 is 4.74 Å². The van der Waals surface area contributed by atoms with Gasteiger partial charge in [0.2, 0.25) is 10.0 Å². The third-order valence-corrected chi connectivity index (χ3v) is 5.17. The Kier molecular flexibility index (Phi) is 5.32. The second-order valence-electron chi connectivity index (χ2n) is 5.10. The van der Waals surface area contributed by atoms with E-state index in [4.69, 9.17) is 9.84 Å². The summed E-state index contributed by atoms with van der Waals surface area (Å²) in [6.45, 7) is 2.40. The molecule has 0 aliphatic carbocycles. The number of hydrogen-bond acceptors (Lipinski definition) is 5. The molecule has 0 spiro atoms. The van der Waals surface area contributed by atoms with Gasteiger partial charge in [0.25, 0.3) is 0 Å². The molecule has 2 N–H and O–H groups in total. The first kappa shape index (κ1) is 17.4. The Morgan fingerprint density at radius 1 is 1.29 bits per heavy atom. The SMILES string of the molecule is CN(C(C)(C)CO)S(=O)(=O)c1ccc(OCC(=O)O)cc1. The van der Waals surface area contributed by atoms with Crippen LogP contribution in [0, 0.1) is 0 Å². The summed E-state index contributed by atoms with van der Waals surface area (Å²) in [5, 5.41) is 17.8. The highest BCUT2D eigenvalue weighted by atomic mass is 32.2. The molecule has 0 amide bonds. The summed E-state index contributed by atoms with van der Waals surface area (Å²) in [6.07, 6.45) is 0. The van der Waals surface area contributed by atoms with E-state index in [-0.39, 0.29) is 17.3 Å². The number of hydrogen-bond donors (Lipinski definition) is 2. The Morgan fingerprint density at radius 2 is 1.81 bits per heavy atom. The normalized spacial score (nSPS) is 12.4. The van der Waals surface area contributed by atoms with E-state index in [0.29, 0.717) is 0 Å². The van der Waals surface area contributed by atoms with Crippen molar-refractivity contribution in [2.24, 2.45) is 0 Å². The van der Waals surface area contributed by atoms with Gasteiger partial charge in [0, 0.05) is 7.05 Å². The summed E-state index contributed by atoms with van der Waals surface area (Å²) < 4.78 is 30.8. The summed E-state index contributed by atoms with van der Waals surface area (Å²) in [6, 6.07) is 5.43. The molecule has 0 unspecified atom stereocenters. The van der Waals surface area contributed by atoms with Gasteiger partial charge in [0.1, 0.15) is 5.75 Å². The van der Waals surface area contributed by atoms with E-state index in [2.05, 4.69) is 0 Å². The van der Waals surface area contributed by atoms with Crippen LogP contribution in [0.5, 0.6) is 5.75 Å². The van der Waals surface area contributed by atoms with Crippen LogP contribution in [0.4, 0.5) is 0 Å². The molecule has 118 valence electrons. The molecule has 0 heterocycles. The van der Waals surface area contributed by atoms with E-state index >= 15 is 0 Å². The number of carbonyl (C=O) groups is 1. The fourth-order valence-electron chi connectivity index (χ4n) is 1.44. The standard InChI is InChI=1S/C13H19NO6S/c1-13(2,9-15)14(3)21(18,19)11-6-4-10(5-7-11)20-8-12(16)17/h4-7,15H,8-9H2,1-3H3,(H,16,17). The van der Waals surface area contributed by atoms with Crippen molar-refractivity contribution in [3.8, 4) is 5.75 Å². The molecule has 7 nitrogen and oxygen atoms in total. The molecule has 0 atom stereocenters. The minimum absolute atomic E-state index is 0.0363. The van der Waals surface area contributed by atoms with Gasteiger partial charge in [0.15, 0.2) is 6.61 Å². The molecule has 8 heteroatoms. The molecule has 0 fully saturated rings. The number of aliphatic hydroxyl groups excluding tert-OH is 1. The van der Waals surface area contributed by atoms with E-state index in [1.165, 1.54) is 31.3 Å². The van der Waals surface area contributed by atoms with Crippen molar-refractivity contribution in [3.63, 3.8) is 0 Å². The second-order valence-corrected chi connectivity index (χ2v) is 7.07. The monoisotopic (exact) mass is 317 g/mol. The number of sulfonamides is 1. The van der Waals surface area contributed by atoms with Crippen LogP contribution in [0.25, 0.3) is 0 Å². The number of rotatable bonds is 7. The Bertz CT molecular complexity index is 594. The number of ether oxygens (including phenoxy) is 1.